The summed E-state index contributed by atoms with van der Waals surface area (Å²) in [5, 5.41) is 0. The van der Waals surface area contributed by atoms with E-state index in [2.05, 4.69) is 9.80 Å². The Labute approximate surface area is 93.2 Å². The molecule has 0 aromatic rings. The molecule has 0 aliphatic heterocycles. The molecule has 90 valence electrons. The lowest BCUT2D eigenvalue weighted by molar-refractivity contribution is -0.151. The lowest BCUT2D eigenvalue weighted by Crippen LogP contribution is -2.40. The van der Waals surface area contributed by atoms with Crippen LogP contribution in [-0.2, 0) is 9.53 Å². The molecule has 4 nitrogen and oxygen atoms in total. The minimum Gasteiger partial charge on any atom is -0.469 e. The summed E-state index contributed by atoms with van der Waals surface area (Å²) in [6.07, 6.45) is 0. The van der Waals surface area contributed by atoms with Crippen molar-refractivity contribution in [2.45, 2.75) is 13.8 Å². The molecular weight excluding hydrogens is 192 g/mol. The first-order valence-corrected chi connectivity index (χ1v) is 5.21. The smallest absolute Gasteiger partial charge is 0.312 e. The van der Waals surface area contributed by atoms with Crippen molar-refractivity contribution in [3.8, 4) is 0 Å². The van der Waals surface area contributed by atoms with Crippen LogP contribution < -0.4 is 0 Å². The standard InChI is InChI=1S/C11H24N2O2/c1-11(2,10(14)15-6)9-13(5)8-7-12(3)4/h7-9H2,1-6H3. The van der Waals surface area contributed by atoms with Crippen molar-refractivity contribution in [2.24, 2.45) is 5.41 Å². The van der Waals surface area contributed by atoms with E-state index in [0.717, 1.165) is 13.1 Å². The van der Waals surface area contributed by atoms with Gasteiger partial charge in [-0.3, -0.25) is 4.79 Å². The van der Waals surface area contributed by atoms with Crippen molar-refractivity contribution >= 4 is 5.97 Å². The molecule has 0 unspecified atom stereocenters. The summed E-state index contributed by atoms with van der Waals surface area (Å²) in [6.45, 7) is 6.48. The summed E-state index contributed by atoms with van der Waals surface area (Å²) in [6, 6.07) is 0. The van der Waals surface area contributed by atoms with E-state index < -0.39 is 5.41 Å². The van der Waals surface area contributed by atoms with Gasteiger partial charge in [-0.1, -0.05) is 0 Å². The van der Waals surface area contributed by atoms with E-state index in [0.29, 0.717) is 6.54 Å². The zero-order valence-corrected chi connectivity index (χ0v) is 10.8. The van der Waals surface area contributed by atoms with Crippen molar-refractivity contribution in [3.63, 3.8) is 0 Å². The third-order valence-corrected chi connectivity index (χ3v) is 2.33. The molecule has 0 aromatic heterocycles. The Bertz CT molecular complexity index is 203. The van der Waals surface area contributed by atoms with Gasteiger partial charge in [0, 0.05) is 19.6 Å². The molecule has 0 aromatic carbocycles. The summed E-state index contributed by atoms with van der Waals surface area (Å²) in [7, 11) is 7.54. The van der Waals surface area contributed by atoms with Gasteiger partial charge in [-0.15, -0.1) is 0 Å². The lowest BCUT2D eigenvalue weighted by Gasteiger charge is -2.28. The molecule has 0 amide bonds. The average Bonchev–Trinajstić information content (AvgIpc) is 2.12. The van der Waals surface area contributed by atoms with Gasteiger partial charge in [0.05, 0.1) is 12.5 Å². The molecule has 0 rings (SSSR count). The molecule has 0 fully saturated rings. The van der Waals surface area contributed by atoms with Crippen molar-refractivity contribution in [1.29, 1.82) is 0 Å². The average molecular weight is 216 g/mol. The van der Waals surface area contributed by atoms with Gasteiger partial charge in [0.15, 0.2) is 0 Å². The third kappa shape index (κ3) is 5.74. The van der Waals surface area contributed by atoms with Crippen LogP contribution in [0.3, 0.4) is 0 Å². The second-order valence-electron chi connectivity index (χ2n) is 4.92. The maximum atomic E-state index is 11.4. The highest BCUT2D eigenvalue weighted by Crippen LogP contribution is 2.17. The Morgan fingerprint density at radius 3 is 2.13 bits per heavy atom. The van der Waals surface area contributed by atoms with E-state index in [1.807, 2.05) is 35.0 Å². The van der Waals surface area contributed by atoms with E-state index in [9.17, 15) is 4.79 Å². The van der Waals surface area contributed by atoms with Crippen LogP contribution in [0.15, 0.2) is 0 Å². The normalized spacial score (nSPS) is 12.3. The quantitative estimate of drug-likeness (QED) is 0.611. The molecule has 0 saturated heterocycles. The number of nitrogens with zero attached hydrogens (tertiary/aromatic N) is 2. The molecule has 15 heavy (non-hydrogen) atoms. The summed E-state index contributed by atoms with van der Waals surface area (Å²) >= 11 is 0. The van der Waals surface area contributed by atoms with Gasteiger partial charge in [0.25, 0.3) is 0 Å². The number of carbonyl (C=O) groups is 1. The largest absolute Gasteiger partial charge is 0.469 e. The minimum absolute atomic E-state index is 0.154. The molecule has 0 saturated carbocycles. The number of hydrogen-bond acceptors (Lipinski definition) is 4. The van der Waals surface area contributed by atoms with Crippen molar-refractivity contribution in [3.05, 3.63) is 0 Å². The first-order chi connectivity index (χ1) is 6.79. The van der Waals surface area contributed by atoms with Gasteiger partial charge in [0.1, 0.15) is 0 Å². The summed E-state index contributed by atoms with van der Waals surface area (Å²) in [5.74, 6) is -0.154. The number of methoxy groups -OCH3 is 1. The summed E-state index contributed by atoms with van der Waals surface area (Å²) in [4.78, 5) is 15.7. The highest BCUT2D eigenvalue weighted by Gasteiger charge is 2.29. The summed E-state index contributed by atoms with van der Waals surface area (Å²) in [5.41, 5.74) is -0.435. The molecule has 0 aliphatic rings. The van der Waals surface area contributed by atoms with Crippen LogP contribution in [-0.4, -0.2) is 63.7 Å². The number of carbonyl (C=O) groups excluding carboxylic acids is 1. The fourth-order valence-corrected chi connectivity index (χ4v) is 1.47. The second-order valence-corrected chi connectivity index (χ2v) is 4.92. The van der Waals surface area contributed by atoms with Gasteiger partial charge in [-0.2, -0.15) is 0 Å². The zero-order chi connectivity index (χ0) is 12.1. The number of hydrogen-bond donors (Lipinski definition) is 0. The van der Waals surface area contributed by atoms with Gasteiger partial charge in [-0.05, 0) is 35.0 Å². The molecule has 0 aliphatic carbocycles. The molecule has 0 N–H and O–H groups in total. The fraction of sp³-hybridized carbons (Fsp3) is 0.909. The van der Waals surface area contributed by atoms with Crippen molar-refractivity contribution in [2.75, 3.05) is 47.9 Å². The Balaban J connectivity index is 4.04. The van der Waals surface area contributed by atoms with Crippen LogP contribution >= 0.6 is 0 Å². The molecule has 0 bridgehead atoms. The number of rotatable bonds is 6. The number of likely N-dealkylation sites (N-methyl/N-ethyl adjacent to an activating group) is 2. The predicted molar refractivity (Wildman–Crippen MR) is 61.8 cm³/mol. The predicted octanol–water partition coefficient (Wildman–Crippen LogP) is 0.679. The Hall–Kier alpha value is -0.610. The Kier molecular flexibility index (Phi) is 5.83. The van der Waals surface area contributed by atoms with Crippen molar-refractivity contribution in [1.82, 2.24) is 9.80 Å². The summed E-state index contributed by atoms with van der Waals surface area (Å²) < 4.78 is 4.77. The van der Waals surface area contributed by atoms with Crippen LogP contribution in [0, 0.1) is 5.41 Å². The van der Waals surface area contributed by atoms with Crippen LogP contribution in [0.2, 0.25) is 0 Å². The Morgan fingerprint density at radius 2 is 1.73 bits per heavy atom. The SMILES string of the molecule is COC(=O)C(C)(C)CN(C)CCN(C)C. The van der Waals surface area contributed by atoms with Crippen LogP contribution in [0.25, 0.3) is 0 Å². The van der Waals surface area contributed by atoms with Gasteiger partial charge in [0.2, 0.25) is 0 Å². The monoisotopic (exact) mass is 216 g/mol. The third-order valence-electron chi connectivity index (χ3n) is 2.33. The van der Waals surface area contributed by atoms with E-state index >= 15 is 0 Å². The number of esters is 1. The molecular formula is C11H24N2O2. The molecule has 4 heteroatoms. The topological polar surface area (TPSA) is 32.8 Å². The second kappa shape index (κ2) is 6.08. The first-order valence-electron chi connectivity index (χ1n) is 5.21. The number of ether oxygens (including phenoxy) is 1. The van der Waals surface area contributed by atoms with Gasteiger partial charge >= 0.3 is 5.97 Å². The fourth-order valence-electron chi connectivity index (χ4n) is 1.47. The van der Waals surface area contributed by atoms with Crippen molar-refractivity contribution < 1.29 is 9.53 Å². The molecule has 0 heterocycles. The first kappa shape index (κ1) is 14.4. The van der Waals surface area contributed by atoms with E-state index in [1.54, 1.807) is 0 Å². The minimum atomic E-state index is -0.435. The van der Waals surface area contributed by atoms with Gasteiger partial charge < -0.3 is 14.5 Å². The van der Waals surface area contributed by atoms with E-state index in [1.165, 1.54) is 7.11 Å². The van der Waals surface area contributed by atoms with Crippen LogP contribution in [0.5, 0.6) is 0 Å². The molecule has 0 spiro atoms. The Morgan fingerprint density at radius 1 is 1.20 bits per heavy atom. The maximum Gasteiger partial charge on any atom is 0.312 e. The molecule has 0 atom stereocenters. The highest BCUT2D eigenvalue weighted by molar-refractivity contribution is 5.76. The van der Waals surface area contributed by atoms with Gasteiger partial charge in [-0.25, -0.2) is 0 Å². The highest BCUT2D eigenvalue weighted by atomic mass is 16.5. The van der Waals surface area contributed by atoms with E-state index in [4.69, 9.17) is 4.74 Å². The molecule has 0 radical (unpaired) electrons. The lowest BCUT2D eigenvalue weighted by atomic mass is 9.93. The zero-order valence-electron chi connectivity index (χ0n) is 10.8. The van der Waals surface area contributed by atoms with Crippen LogP contribution in [0.1, 0.15) is 13.8 Å². The van der Waals surface area contributed by atoms with Crippen LogP contribution in [0.4, 0.5) is 0 Å². The maximum absolute atomic E-state index is 11.4. The van der Waals surface area contributed by atoms with E-state index in [-0.39, 0.29) is 5.97 Å².